The Bertz CT molecular complexity index is 406. The van der Waals surface area contributed by atoms with E-state index in [1.807, 2.05) is 47.2 Å². The Morgan fingerprint density at radius 1 is 1.27 bits per heavy atom. The van der Waals surface area contributed by atoms with Crippen molar-refractivity contribution >= 4 is 0 Å². The van der Waals surface area contributed by atoms with Crippen LogP contribution in [0.4, 0.5) is 0 Å². The van der Waals surface area contributed by atoms with Gasteiger partial charge in [-0.2, -0.15) is 0 Å². The van der Waals surface area contributed by atoms with Gasteiger partial charge in [0.25, 0.3) is 0 Å². The van der Waals surface area contributed by atoms with E-state index in [9.17, 15) is 0 Å². The van der Waals surface area contributed by atoms with Crippen LogP contribution in [0.25, 0.3) is 0 Å². The highest BCUT2D eigenvalue weighted by atomic mass is 16.5. The molecule has 0 aliphatic heterocycles. The normalized spacial score (nSPS) is 10.7. The molecule has 1 aromatic carbocycles. The van der Waals surface area contributed by atoms with Gasteiger partial charge in [-0.3, -0.25) is 0 Å². The smallest absolute Gasteiger partial charge is 0.126 e. The van der Waals surface area contributed by atoms with Crippen molar-refractivity contribution in [3.8, 4) is 5.75 Å². The molecule has 1 aromatic heterocycles. The first-order chi connectivity index (χ1) is 7.45. The van der Waals surface area contributed by atoms with Crippen LogP contribution in [0, 0.1) is 0 Å². The van der Waals surface area contributed by atoms with Crippen molar-refractivity contribution in [3.63, 3.8) is 0 Å². The second-order valence-electron chi connectivity index (χ2n) is 3.06. The third-order valence-electron chi connectivity index (χ3n) is 1.92. The molecule has 0 atom stereocenters. The molecule has 0 fully saturated rings. The summed E-state index contributed by atoms with van der Waals surface area (Å²) in [7, 11) is 0. The van der Waals surface area contributed by atoms with Gasteiger partial charge in [0.05, 0.1) is 12.6 Å². The lowest BCUT2D eigenvalue weighted by atomic mass is 10.3. The lowest BCUT2D eigenvalue weighted by Crippen LogP contribution is -1.90. The minimum Gasteiger partial charge on any atom is -0.465 e. The minimum absolute atomic E-state index is 0.771. The lowest BCUT2D eigenvalue weighted by molar-refractivity contribution is 0.477. The monoisotopic (exact) mass is 200 g/mol. The van der Waals surface area contributed by atoms with Gasteiger partial charge in [0, 0.05) is 18.9 Å². The fourth-order valence-corrected chi connectivity index (χ4v) is 1.19. The Balaban J connectivity index is 1.81. The van der Waals surface area contributed by atoms with Crippen molar-refractivity contribution in [3.05, 3.63) is 61.4 Å². The van der Waals surface area contributed by atoms with Crippen LogP contribution in [0.1, 0.15) is 0 Å². The van der Waals surface area contributed by atoms with Crippen molar-refractivity contribution in [2.45, 2.75) is 6.54 Å². The summed E-state index contributed by atoms with van der Waals surface area (Å²) in [4.78, 5) is 3.95. The summed E-state index contributed by atoms with van der Waals surface area (Å²) in [6, 6.07) is 9.68. The van der Waals surface area contributed by atoms with Crippen LogP contribution < -0.4 is 4.74 Å². The third-order valence-corrected chi connectivity index (χ3v) is 1.92. The van der Waals surface area contributed by atoms with Gasteiger partial charge in [-0.25, -0.2) is 4.98 Å². The number of allylic oxidation sites excluding steroid dienone is 1. The SMILES string of the molecule is C(=COc1ccccc1)Cn1ccnc1. The van der Waals surface area contributed by atoms with Gasteiger partial charge in [0.1, 0.15) is 5.75 Å². The Morgan fingerprint density at radius 3 is 2.87 bits per heavy atom. The number of nitrogens with zero attached hydrogens (tertiary/aromatic N) is 2. The van der Waals surface area contributed by atoms with E-state index in [1.54, 1.807) is 18.8 Å². The minimum atomic E-state index is 0.771. The number of rotatable bonds is 4. The fraction of sp³-hybridized carbons (Fsp3) is 0.0833. The van der Waals surface area contributed by atoms with Crippen LogP contribution in [-0.4, -0.2) is 9.55 Å². The molecule has 76 valence electrons. The van der Waals surface area contributed by atoms with Crippen LogP contribution in [-0.2, 0) is 6.54 Å². The maximum Gasteiger partial charge on any atom is 0.126 e. The van der Waals surface area contributed by atoms with E-state index < -0.39 is 0 Å². The molecule has 0 spiro atoms. The number of aromatic nitrogens is 2. The highest BCUT2D eigenvalue weighted by molar-refractivity contribution is 5.21. The molecule has 0 aliphatic carbocycles. The lowest BCUT2D eigenvalue weighted by Gasteiger charge is -1.98. The molecule has 2 aromatic rings. The summed E-state index contributed by atoms with van der Waals surface area (Å²) in [5.41, 5.74) is 0. The molecule has 0 unspecified atom stereocenters. The Labute approximate surface area is 88.6 Å². The zero-order valence-corrected chi connectivity index (χ0v) is 8.28. The van der Waals surface area contributed by atoms with Crippen molar-refractivity contribution in [1.29, 1.82) is 0 Å². The van der Waals surface area contributed by atoms with Crippen LogP contribution in [0.15, 0.2) is 61.4 Å². The standard InChI is InChI=1S/C12H12N2O/c1-2-5-12(6-3-1)15-10-4-8-14-9-7-13-11-14/h1-7,9-11H,8H2. The van der Waals surface area contributed by atoms with Crippen molar-refractivity contribution in [2.75, 3.05) is 0 Å². The largest absolute Gasteiger partial charge is 0.465 e. The number of ether oxygens (including phenoxy) is 1. The first-order valence-electron chi connectivity index (χ1n) is 4.77. The molecular formula is C12H12N2O. The topological polar surface area (TPSA) is 27.1 Å². The molecule has 0 saturated heterocycles. The maximum absolute atomic E-state index is 5.39. The van der Waals surface area contributed by atoms with Crippen LogP contribution in [0.5, 0.6) is 5.75 Å². The van der Waals surface area contributed by atoms with Gasteiger partial charge >= 0.3 is 0 Å². The molecule has 1 heterocycles. The summed E-state index contributed by atoms with van der Waals surface area (Å²) in [6.45, 7) is 0.771. The first kappa shape index (κ1) is 9.52. The number of hydrogen-bond donors (Lipinski definition) is 0. The van der Waals surface area contributed by atoms with Gasteiger partial charge in [-0.05, 0) is 18.2 Å². The molecule has 0 radical (unpaired) electrons. The Kier molecular flexibility index (Phi) is 3.18. The highest BCUT2D eigenvalue weighted by Gasteiger charge is 1.86. The molecule has 3 heteroatoms. The predicted molar refractivity (Wildman–Crippen MR) is 58.4 cm³/mol. The second kappa shape index (κ2) is 5.00. The molecule has 0 saturated carbocycles. The van der Waals surface area contributed by atoms with E-state index in [1.165, 1.54) is 0 Å². The van der Waals surface area contributed by atoms with Crippen molar-refractivity contribution in [2.24, 2.45) is 0 Å². The summed E-state index contributed by atoms with van der Waals surface area (Å²) < 4.78 is 7.35. The average Bonchev–Trinajstić information content (AvgIpc) is 2.79. The second-order valence-corrected chi connectivity index (χ2v) is 3.06. The first-order valence-corrected chi connectivity index (χ1v) is 4.77. The summed E-state index contributed by atoms with van der Waals surface area (Å²) in [6.07, 6.45) is 9.07. The van der Waals surface area contributed by atoms with Gasteiger partial charge < -0.3 is 9.30 Å². The quantitative estimate of drug-likeness (QED) is 0.709. The number of hydrogen-bond acceptors (Lipinski definition) is 2. The maximum atomic E-state index is 5.39. The molecule has 3 nitrogen and oxygen atoms in total. The highest BCUT2D eigenvalue weighted by Crippen LogP contribution is 2.08. The van der Waals surface area contributed by atoms with E-state index >= 15 is 0 Å². The van der Waals surface area contributed by atoms with Crippen LogP contribution in [0.3, 0.4) is 0 Å². The zero-order valence-electron chi connectivity index (χ0n) is 8.28. The Morgan fingerprint density at radius 2 is 2.13 bits per heavy atom. The van der Waals surface area contributed by atoms with Crippen molar-refractivity contribution < 1.29 is 4.74 Å². The van der Waals surface area contributed by atoms with E-state index in [2.05, 4.69) is 4.98 Å². The molecule has 0 aliphatic rings. The summed E-state index contributed by atoms with van der Waals surface area (Å²) >= 11 is 0. The van der Waals surface area contributed by atoms with E-state index in [-0.39, 0.29) is 0 Å². The van der Waals surface area contributed by atoms with Gasteiger partial charge in [0.15, 0.2) is 0 Å². The van der Waals surface area contributed by atoms with E-state index in [0.717, 1.165) is 12.3 Å². The molecule has 15 heavy (non-hydrogen) atoms. The fourth-order valence-electron chi connectivity index (χ4n) is 1.19. The number of imidazole rings is 1. The Hall–Kier alpha value is -2.03. The summed E-state index contributed by atoms with van der Waals surface area (Å²) in [5.74, 6) is 0.847. The van der Waals surface area contributed by atoms with Crippen LogP contribution in [0.2, 0.25) is 0 Å². The molecular weight excluding hydrogens is 188 g/mol. The van der Waals surface area contributed by atoms with Crippen LogP contribution >= 0.6 is 0 Å². The number of benzene rings is 1. The van der Waals surface area contributed by atoms with Gasteiger partial charge in [-0.15, -0.1) is 0 Å². The zero-order chi connectivity index (χ0) is 10.3. The molecule has 0 bridgehead atoms. The van der Waals surface area contributed by atoms with Crippen molar-refractivity contribution in [1.82, 2.24) is 9.55 Å². The van der Waals surface area contributed by atoms with Gasteiger partial charge in [-0.1, -0.05) is 18.2 Å². The molecule has 0 N–H and O–H groups in total. The molecule has 0 amide bonds. The van der Waals surface area contributed by atoms with E-state index in [4.69, 9.17) is 4.74 Å². The predicted octanol–water partition coefficient (Wildman–Crippen LogP) is 2.48. The summed E-state index contributed by atoms with van der Waals surface area (Å²) in [5, 5.41) is 0. The molecule has 2 rings (SSSR count). The number of para-hydroxylation sites is 1. The average molecular weight is 200 g/mol. The van der Waals surface area contributed by atoms with Gasteiger partial charge in [0.2, 0.25) is 0 Å². The third kappa shape index (κ3) is 2.98. The van der Waals surface area contributed by atoms with E-state index in [0.29, 0.717) is 0 Å².